The first-order valence-corrected chi connectivity index (χ1v) is 7.40. The van der Waals surface area contributed by atoms with Gasteiger partial charge in [-0.25, -0.2) is 4.39 Å². The molecule has 1 saturated heterocycles. The summed E-state index contributed by atoms with van der Waals surface area (Å²) in [6.07, 6.45) is 2.55. The quantitative estimate of drug-likeness (QED) is 0.897. The fraction of sp³-hybridized carbons (Fsp3) is 0.625. The Bertz CT molecular complexity index is 420. The molecule has 3 atom stereocenters. The van der Waals surface area contributed by atoms with E-state index in [1.54, 1.807) is 12.1 Å². The second-order valence-corrected chi connectivity index (χ2v) is 6.03. The molecule has 0 aliphatic carbocycles. The zero-order valence-electron chi connectivity index (χ0n) is 12.7. The fourth-order valence-corrected chi connectivity index (χ4v) is 2.95. The lowest BCUT2D eigenvalue weighted by atomic mass is 10.00. The monoisotopic (exact) mass is 279 g/mol. The van der Waals surface area contributed by atoms with Crippen LogP contribution in [-0.4, -0.2) is 49.1 Å². The van der Waals surface area contributed by atoms with Crippen molar-refractivity contribution in [3.05, 3.63) is 35.6 Å². The highest BCUT2D eigenvalue weighted by atomic mass is 19.1. The maximum atomic E-state index is 13.0. The average Bonchev–Trinajstić information content (AvgIpc) is 2.83. The van der Waals surface area contributed by atoms with Gasteiger partial charge in [-0.05, 0) is 58.1 Å². The van der Waals surface area contributed by atoms with E-state index < -0.39 is 0 Å². The molecule has 0 saturated carbocycles. The SMILES string of the molecule is CC(C(N)c1ccc(F)cc1)N(C)CC1CCCN1C. The van der Waals surface area contributed by atoms with Crippen LogP contribution in [-0.2, 0) is 0 Å². The van der Waals surface area contributed by atoms with Crippen LogP contribution < -0.4 is 5.73 Å². The van der Waals surface area contributed by atoms with Gasteiger partial charge in [0.1, 0.15) is 5.82 Å². The zero-order valence-corrected chi connectivity index (χ0v) is 12.7. The molecule has 0 aromatic heterocycles. The van der Waals surface area contributed by atoms with Crippen molar-refractivity contribution in [2.75, 3.05) is 27.2 Å². The molecule has 0 amide bonds. The van der Waals surface area contributed by atoms with Gasteiger partial charge in [-0.1, -0.05) is 12.1 Å². The van der Waals surface area contributed by atoms with Crippen LogP contribution in [0.1, 0.15) is 31.4 Å². The van der Waals surface area contributed by atoms with Gasteiger partial charge in [0.15, 0.2) is 0 Å². The average molecular weight is 279 g/mol. The van der Waals surface area contributed by atoms with E-state index in [0.717, 1.165) is 12.1 Å². The molecule has 3 unspecified atom stereocenters. The Balaban J connectivity index is 1.95. The molecule has 1 aliphatic heterocycles. The highest BCUT2D eigenvalue weighted by Crippen LogP contribution is 2.21. The molecule has 1 aromatic rings. The molecule has 1 aliphatic rings. The summed E-state index contributed by atoms with van der Waals surface area (Å²) in [6.45, 7) is 4.37. The Morgan fingerprint density at radius 1 is 1.40 bits per heavy atom. The van der Waals surface area contributed by atoms with Gasteiger partial charge in [0, 0.05) is 24.7 Å². The molecule has 1 fully saturated rings. The minimum Gasteiger partial charge on any atom is -0.323 e. The molecule has 112 valence electrons. The number of benzene rings is 1. The summed E-state index contributed by atoms with van der Waals surface area (Å²) < 4.78 is 13.0. The number of nitrogens with zero attached hydrogens (tertiary/aromatic N) is 2. The van der Waals surface area contributed by atoms with E-state index in [0.29, 0.717) is 6.04 Å². The van der Waals surface area contributed by atoms with E-state index in [2.05, 4.69) is 30.8 Å². The second kappa shape index (κ2) is 6.66. The van der Waals surface area contributed by atoms with Crippen LogP contribution in [0.15, 0.2) is 24.3 Å². The van der Waals surface area contributed by atoms with Crippen molar-refractivity contribution in [3.8, 4) is 0 Å². The Morgan fingerprint density at radius 2 is 2.05 bits per heavy atom. The largest absolute Gasteiger partial charge is 0.323 e. The molecule has 0 bridgehead atoms. The van der Waals surface area contributed by atoms with E-state index in [-0.39, 0.29) is 17.9 Å². The maximum absolute atomic E-state index is 13.0. The molecular formula is C16H26FN3. The van der Waals surface area contributed by atoms with Gasteiger partial charge in [-0.3, -0.25) is 0 Å². The Kier molecular flexibility index (Phi) is 5.13. The molecule has 20 heavy (non-hydrogen) atoms. The second-order valence-electron chi connectivity index (χ2n) is 6.03. The third-order valence-corrected chi connectivity index (χ3v) is 4.64. The minimum atomic E-state index is -0.213. The highest BCUT2D eigenvalue weighted by Gasteiger charge is 2.26. The molecule has 2 N–H and O–H groups in total. The van der Waals surface area contributed by atoms with Gasteiger partial charge in [0.05, 0.1) is 0 Å². The summed E-state index contributed by atoms with van der Waals surface area (Å²) in [7, 11) is 4.32. The number of hydrogen-bond acceptors (Lipinski definition) is 3. The zero-order chi connectivity index (χ0) is 14.7. The third-order valence-electron chi connectivity index (χ3n) is 4.64. The van der Waals surface area contributed by atoms with Crippen molar-refractivity contribution in [1.29, 1.82) is 0 Å². The van der Waals surface area contributed by atoms with Crippen LogP contribution in [0.4, 0.5) is 4.39 Å². The smallest absolute Gasteiger partial charge is 0.123 e. The lowest BCUT2D eigenvalue weighted by Crippen LogP contribution is -2.44. The van der Waals surface area contributed by atoms with Crippen molar-refractivity contribution < 1.29 is 4.39 Å². The Labute approximate surface area is 121 Å². The predicted molar refractivity (Wildman–Crippen MR) is 81.1 cm³/mol. The maximum Gasteiger partial charge on any atom is 0.123 e. The van der Waals surface area contributed by atoms with Crippen LogP contribution >= 0.6 is 0 Å². The van der Waals surface area contributed by atoms with Gasteiger partial charge in [0.2, 0.25) is 0 Å². The fourth-order valence-electron chi connectivity index (χ4n) is 2.95. The highest BCUT2D eigenvalue weighted by molar-refractivity contribution is 5.20. The normalized spacial score (nSPS) is 23.2. The number of likely N-dealkylation sites (N-methyl/N-ethyl adjacent to an activating group) is 2. The van der Waals surface area contributed by atoms with Gasteiger partial charge in [0.25, 0.3) is 0 Å². The molecule has 1 aromatic carbocycles. The van der Waals surface area contributed by atoms with Crippen LogP contribution in [0.2, 0.25) is 0 Å². The number of hydrogen-bond donors (Lipinski definition) is 1. The van der Waals surface area contributed by atoms with Gasteiger partial charge < -0.3 is 15.5 Å². The van der Waals surface area contributed by atoms with Gasteiger partial charge >= 0.3 is 0 Å². The molecule has 0 radical (unpaired) electrons. The summed E-state index contributed by atoms with van der Waals surface area (Å²) in [5, 5.41) is 0. The van der Waals surface area contributed by atoms with E-state index in [1.807, 2.05) is 0 Å². The van der Waals surface area contributed by atoms with Crippen LogP contribution in [0.5, 0.6) is 0 Å². The molecule has 2 rings (SSSR count). The molecule has 3 nitrogen and oxygen atoms in total. The van der Waals surface area contributed by atoms with Crippen molar-refractivity contribution >= 4 is 0 Å². The summed E-state index contributed by atoms with van der Waals surface area (Å²) in [4.78, 5) is 4.74. The van der Waals surface area contributed by atoms with Gasteiger partial charge in [-0.2, -0.15) is 0 Å². The topological polar surface area (TPSA) is 32.5 Å². The lowest BCUT2D eigenvalue weighted by Gasteiger charge is -2.33. The summed E-state index contributed by atoms with van der Waals surface area (Å²) in [6, 6.07) is 7.29. The molecular weight excluding hydrogens is 253 g/mol. The van der Waals surface area contributed by atoms with Crippen LogP contribution in [0, 0.1) is 5.82 Å². The van der Waals surface area contributed by atoms with Crippen LogP contribution in [0.25, 0.3) is 0 Å². The predicted octanol–water partition coefficient (Wildman–Crippen LogP) is 2.24. The summed E-state index contributed by atoms with van der Waals surface area (Å²) in [5.41, 5.74) is 7.31. The van der Waals surface area contributed by atoms with Crippen molar-refractivity contribution in [1.82, 2.24) is 9.80 Å². The van der Waals surface area contributed by atoms with Crippen molar-refractivity contribution in [3.63, 3.8) is 0 Å². The first-order chi connectivity index (χ1) is 9.49. The molecule has 0 spiro atoms. The first-order valence-electron chi connectivity index (χ1n) is 7.40. The third kappa shape index (κ3) is 3.57. The van der Waals surface area contributed by atoms with E-state index >= 15 is 0 Å². The van der Waals surface area contributed by atoms with E-state index in [4.69, 9.17) is 5.73 Å². The van der Waals surface area contributed by atoms with Crippen LogP contribution in [0.3, 0.4) is 0 Å². The van der Waals surface area contributed by atoms with E-state index in [9.17, 15) is 4.39 Å². The number of nitrogens with two attached hydrogens (primary N) is 1. The number of halogens is 1. The molecule has 4 heteroatoms. The number of rotatable bonds is 5. The Hall–Kier alpha value is -0.970. The first kappa shape index (κ1) is 15.4. The summed E-state index contributed by atoms with van der Waals surface area (Å²) in [5.74, 6) is -0.213. The summed E-state index contributed by atoms with van der Waals surface area (Å²) >= 11 is 0. The van der Waals surface area contributed by atoms with Gasteiger partial charge in [-0.15, -0.1) is 0 Å². The minimum absolute atomic E-state index is 0.0905. The standard InChI is InChI=1S/C16H26FN3/c1-12(16(18)13-6-8-14(17)9-7-13)20(3)11-15-5-4-10-19(15)2/h6-9,12,15-16H,4-5,10-11,18H2,1-3H3. The van der Waals surface area contributed by atoms with E-state index in [1.165, 1.54) is 31.5 Å². The molecule has 1 heterocycles. The van der Waals surface area contributed by atoms with Crippen molar-refractivity contribution in [2.24, 2.45) is 5.73 Å². The number of likely N-dealkylation sites (tertiary alicyclic amines) is 1. The van der Waals surface area contributed by atoms with Crippen molar-refractivity contribution in [2.45, 2.75) is 37.9 Å². The lowest BCUT2D eigenvalue weighted by molar-refractivity contribution is 0.168. The Morgan fingerprint density at radius 3 is 2.60 bits per heavy atom.